The summed E-state index contributed by atoms with van der Waals surface area (Å²) in [6, 6.07) is 80.2. The van der Waals surface area contributed by atoms with Gasteiger partial charge >= 0.3 is 0 Å². The minimum atomic E-state index is -0.488. The van der Waals surface area contributed by atoms with Crippen LogP contribution in [0.2, 0.25) is 0 Å². The van der Waals surface area contributed by atoms with Gasteiger partial charge in [-0.2, -0.15) is 0 Å². The molecule has 1 aromatic heterocycles. The van der Waals surface area contributed by atoms with Gasteiger partial charge in [0.2, 0.25) is 0 Å². The number of anilines is 2. The number of allylic oxidation sites excluding steroid dienone is 4. The van der Waals surface area contributed by atoms with Crippen molar-refractivity contribution in [2.45, 2.75) is 5.41 Å². The highest BCUT2D eigenvalue weighted by Gasteiger charge is 2.53. The monoisotopic (exact) mass is 816 g/mol. The topological polar surface area (TPSA) is 8.17 Å². The summed E-state index contributed by atoms with van der Waals surface area (Å²) >= 11 is 0. The highest BCUT2D eigenvalue weighted by Crippen LogP contribution is 2.64. The van der Waals surface area contributed by atoms with Crippen LogP contribution in [0.3, 0.4) is 0 Å². The molecule has 9 aromatic carbocycles. The number of benzene rings is 9. The Morgan fingerprint density at radius 3 is 1.73 bits per heavy atom. The minimum absolute atomic E-state index is 0.488. The van der Waals surface area contributed by atoms with Crippen LogP contribution in [0.4, 0.5) is 11.4 Å². The zero-order chi connectivity index (χ0) is 42.6. The fourth-order valence-electron chi connectivity index (χ4n) is 10.9. The van der Waals surface area contributed by atoms with Crippen molar-refractivity contribution in [2.24, 2.45) is 0 Å². The summed E-state index contributed by atoms with van der Waals surface area (Å²) in [5, 5.41) is 2.51. The van der Waals surface area contributed by atoms with E-state index in [1.54, 1.807) is 0 Å². The minimum Gasteiger partial charge on any atom is -0.337 e. The third-order valence-corrected chi connectivity index (χ3v) is 13.5. The molecule has 0 unspecified atom stereocenters. The molecule has 0 saturated carbocycles. The van der Waals surface area contributed by atoms with E-state index in [4.69, 9.17) is 0 Å². The summed E-state index contributed by atoms with van der Waals surface area (Å²) in [5.41, 5.74) is 20.6. The maximum absolute atomic E-state index is 4.06. The molecule has 2 heteroatoms. The van der Waals surface area contributed by atoms with E-state index < -0.39 is 5.41 Å². The van der Waals surface area contributed by atoms with Crippen LogP contribution in [0.1, 0.15) is 27.8 Å². The van der Waals surface area contributed by atoms with Crippen molar-refractivity contribution in [3.63, 3.8) is 0 Å². The summed E-state index contributed by atoms with van der Waals surface area (Å²) in [6.07, 6.45) is 8.52. The molecule has 0 bridgehead atoms. The second kappa shape index (κ2) is 15.3. The van der Waals surface area contributed by atoms with E-state index in [-0.39, 0.29) is 0 Å². The van der Waals surface area contributed by atoms with Crippen LogP contribution in [0, 0.1) is 0 Å². The molecular weight excluding hydrogens is 773 g/mol. The van der Waals surface area contributed by atoms with E-state index in [1.807, 2.05) is 6.08 Å². The Hall–Kier alpha value is -8.20. The average molecular weight is 817 g/mol. The molecule has 0 fully saturated rings. The van der Waals surface area contributed by atoms with Gasteiger partial charge in [0.05, 0.1) is 16.4 Å². The van der Waals surface area contributed by atoms with Crippen LogP contribution < -0.4 is 4.90 Å². The number of hydrogen-bond acceptors (Lipinski definition) is 1. The van der Waals surface area contributed by atoms with Gasteiger partial charge in [-0.05, 0) is 104 Å². The van der Waals surface area contributed by atoms with Crippen molar-refractivity contribution in [1.29, 1.82) is 0 Å². The van der Waals surface area contributed by atoms with E-state index in [0.29, 0.717) is 6.54 Å². The van der Waals surface area contributed by atoms with Gasteiger partial charge in [0.25, 0.3) is 0 Å². The maximum atomic E-state index is 4.06. The SMILES string of the molecule is C=C/C=C(\C=C/CN(c1ccc(-c2cccc3c2c2ccccc2n3-c2ccccc2)cc1)c1cccc2c1C1(c3ccccc3-c3ccccc31)c1ccccc1-2)c1ccccc1. The van der Waals surface area contributed by atoms with Gasteiger partial charge in [0.1, 0.15) is 0 Å². The number of aromatic nitrogens is 1. The number of nitrogens with zero attached hydrogens (tertiary/aromatic N) is 2. The lowest BCUT2D eigenvalue weighted by Gasteiger charge is -2.35. The summed E-state index contributed by atoms with van der Waals surface area (Å²) in [5.74, 6) is 0. The van der Waals surface area contributed by atoms with Gasteiger partial charge in [0, 0.05) is 39.9 Å². The second-order valence-corrected chi connectivity index (χ2v) is 16.8. The van der Waals surface area contributed by atoms with Crippen molar-refractivity contribution in [3.8, 4) is 39.1 Å². The van der Waals surface area contributed by atoms with Gasteiger partial charge in [-0.25, -0.2) is 0 Å². The molecule has 12 rings (SSSR count). The molecule has 10 aromatic rings. The van der Waals surface area contributed by atoms with E-state index in [0.717, 1.165) is 22.5 Å². The van der Waals surface area contributed by atoms with Crippen LogP contribution in [-0.4, -0.2) is 11.1 Å². The van der Waals surface area contributed by atoms with E-state index >= 15 is 0 Å². The van der Waals surface area contributed by atoms with Gasteiger partial charge < -0.3 is 9.47 Å². The molecule has 64 heavy (non-hydrogen) atoms. The molecular formula is C62H44N2. The summed E-state index contributed by atoms with van der Waals surface area (Å²) in [7, 11) is 0. The van der Waals surface area contributed by atoms with Crippen molar-refractivity contribution in [1.82, 2.24) is 4.57 Å². The smallest absolute Gasteiger partial charge is 0.0745 e. The van der Waals surface area contributed by atoms with Crippen LogP contribution in [0.15, 0.2) is 249 Å². The Labute approximate surface area is 374 Å². The lowest BCUT2D eigenvalue weighted by atomic mass is 9.70. The normalized spacial score (nSPS) is 13.3. The molecule has 302 valence electrons. The Morgan fingerprint density at radius 2 is 1.05 bits per heavy atom. The second-order valence-electron chi connectivity index (χ2n) is 16.8. The van der Waals surface area contributed by atoms with Crippen LogP contribution in [0.5, 0.6) is 0 Å². The van der Waals surface area contributed by atoms with Crippen LogP contribution in [0.25, 0.3) is 66.4 Å². The summed E-state index contributed by atoms with van der Waals surface area (Å²) in [4.78, 5) is 2.52. The lowest BCUT2D eigenvalue weighted by Crippen LogP contribution is -2.29. The van der Waals surface area contributed by atoms with Gasteiger partial charge in [-0.1, -0.05) is 207 Å². The van der Waals surface area contributed by atoms with Gasteiger partial charge in [-0.3, -0.25) is 0 Å². The molecule has 0 aliphatic heterocycles. The lowest BCUT2D eigenvalue weighted by molar-refractivity contribution is 0.790. The first-order valence-corrected chi connectivity index (χ1v) is 22.2. The number of hydrogen-bond donors (Lipinski definition) is 0. The highest BCUT2D eigenvalue weighted by atomic mass is 15.1. The largest absolute Gasteiger partial charge is 0.337 e. The Kier molecular flexibility index (Phi) is 8.98. The molecule has 2 nitrogen and oxygen atoms in total. The highest BCUT2D eigenvalue weighted by molar-refractivity contribution is 6.15. The van der Waals surface area contributed by atoms with E-state index in [1.165, 1.54) is 83.1 Å². The molecule has 2 aliphatic carbocycles. The van der Waals surface area contributed by atoms with Crippen LogP contribution >= 0.6 is 0 Å². The zero-order valence-corrected chi connectivity index (χ0v) is 35.4. The number of rotatable bonds is 9. The van der Waals surface area contributed by atoms with Crippen molar-refractivity contribution in [3.05, 3.63) is 277 Å². The van der Waals surface area contributed by atoms with E-state index in [2.05, 4.69) is 253 Å². The van der Waals surface area contributed by atoms with Crippen LogP contribution in [-0.2, 0) is 5.41 Å². The van der Waals surface area contributed by atoms with Gasteiger partial charge in [0.15, 0.2) is 0 Å². The number of fused-ring (bicyclic) bond motifs is 13. The molecule has 2 aliphatic rings. The third kappa shape index (κ3) is 5.66. The Balaban J connectivity index is 1.05. The first-order valence-electron chi connectivity index (χ1n) is 22.2. The average Bonchev–Trinajstić information content (AvgIpc) is 3.98. The summed E-state index contributed by atoms with van der Waals surface area (Å²) in [6.45, 7) is 4.71. The molecule has 1 spiro atoms. The Bertz CT molecular complexity index is 3410. The van der Waals surface area contributed by atoms with Crippen molar-refractivity contribution >= 4 is 38.8 Å². The molecule has 0 saturated heterocycles. The molecule has 0 N–H and O–H groups in total. The Morgan fingerprint density at radius 1 is 0.500 bits per heavy atom. The maximum Gasteiger partial charge on any atom is 0.0745 e. The van der Waals surface area contributed by atoms with E-state index in [9.17, 15) is 0 Å². The first-order chi connectivity index (χ1) is 31.8. The quantitative estimate of drug-likeness (QED) is 0.132. The zero-order valence-electron chi connectivity index (χ0n) is 35.4. The third-order valence-electron chi connectivity index (χ3n) is 13.5. The number of para-hydroxylation sites is 2. The molecule has 0 radical (unpaired) electrons. The van der Waals surface area contributed by atoms with Gasteiger partial charge in [-0.15, -0.1) is 0 Å². The fourth-order valence-corrected chi connectivity index (χ4v) is 10.9. The molecule has 0 atom stereocenters. The predicted molar refractivity (Wildman–Crippen MR) is 270 cm³/mol. The predicted octanol–water partition coefficient (Wildman–Crippen LogP) is 15.8. The first kappa shape index (κ1) is 37.6. The molecule has 1 heterocycles. The fraction of sp³-hybridized carbons (Fsp3) is 0.0323. The van der Waals surface area contributed by atoms with Crippen molar-refractivity contribution < 1.29 is 0 Å². The summed E-state index contributed by atoms with van der Waals surface area (Å²) < 4.78 is 2.39. The molecule has 0 amide bonds. The standard InChI is InChI=1S/C62H44N2/c1-2-20-43(44-21-5-3-6-22-44)23-19-42-63(46-40-38-45(39-41-46)48-30-17-36-58-60(48)53-29-12-16-35-57(53)64(58)47-24-7-4-8-25-47)59-37-18-31-52-51-28-11-15-34-56(51)62(61(52)59)54-32-13-9-26-49(54)50-27-10-14-33-55(50)62/h2-41H,1,42H2/b23-19-,43-20+. The van der Waals surface area contributed by atoms with Crippen molar-refractivity contribution in [2.75, 3.05) is 11.4 Å².